The largest absolute Gasteiger partial charge is 0.459 e. The molecular formula is C15H29N5O3. The molecule has 1 aliphatic rings. The third-order valence-corrected chi connectivity index (χ3v) is 3.28. The minimum Gasteiger partial charge on any atom is -0.459 e. The van der Waals surface area contributed by atoms with Crippen molar-refractivity contribution >= 4 is 18.0 Å². The van der Waals surface area contributed by atoms with E-state index in [1.807, 2.05) is 27.7 Å². The third kappa shape index (κ3) is 7.71. The Balaban J connectivity index is 2.50. The van der Waals surface area contributed by atoms with Gasteiger partial charge in [0, 0.05) is 25.7 Å². The number of nitrogens with zero attached hydrogens (tertiary/aromatic N) is 2. The predicted octanol–water partition coefficient (Wildman–Crippen LogP) is 0.426. The highest BCUT2D eigenvalue weighted by Crippen LogP contribution is 2.10. The second-order valence-electron chi connectivity index (χ2n) is 6.53. The molecule has 0 radical (unpaired) electrons. The van der Waals surface area contributed by atoms with E-state index < -0.39 is 5.60 Å². The highest BCUT2D eigenvalue weighted by atomic mass is 16.6. The van der Waals surface area contributed by atoms with Crippen LogP contribution in [0.3, 0.4) is 0 Å². The van der Waals surface area contributed by atoms with Gasteiger partial charge in [-0.15, -0.1) is 0 Å². The minimum absolute atomic E-state index is 0.0350. The normalized spacial score (nSPS) is 16.9. The van der Waals surface area contributed by atoms with Gasteiger partial charge in [0.2, 0.25) is 0 Å². The first-order valence-electron chi connectivity index (χ1n) is 8.02. The first-order valence-corrected chi connectivity index (χ1v) is 8.02. The SMILES string of the molecule is CCNC(=NCC(=O)OC(C)(C)C)NC1CCN(C(N)=O)CC1. The van der Waals surface area contributed by atoms with Gasteiger partial charge in [0.1, 0.15) is 12.1 Å². The zero-order valence-electron chi connectivity index (χ0n) is 14.5. The van der Waals surface area contributed by atoms with Crippen LogP contribution < -0.4 is 16.4 Å². The van der Waals surface area contributed by atoms with Crippen molar-refractivity contribution in [3.8, 4) is 0 Å². The Morgan fingerprint density at radius 2 is 1.91 bits per heavy atom. The molecule has 8 nitrogen and oxygen atoms in total. The van der Waals surface area contributed by atoms with Crippen LogP contribution in [0, 0.1) is 0 Å². The lowest BCUT2D eigenvalue weighted by Crippen LogP contribution is -2.50. The molecule has 8 heteroatoms. The van der Waals surface area contributed by atoms with Crippen molar-refractivity contribution < 1.29 is 14.3 Å². The highest BCUT2D eigenvalue weighted by Gasteiger charge is 2.22. The van der Waals surface area contributed by atoms with Gasteiger partial charge >= 0.3 is 12.0 Å². The van der Waals surface area contributed by atoms with Gasteiger partial charge in [-0.2, -0.15) is 0 Å². The summed E-state index contributed by atoms with van der Waals surface area (Å²) in [5.41, 5.74) is 4.76. The smallest absolute Gasteiger partial charge is 0.328 e. The Morgan fingerprint density at radius 3 is 2.39 bits per heavy atom. The van der Waals surface area contributed by atoms with E-state index in [9.17, 15) is 9.59 Å². The first kappa shape index (κ1) is 19.1. The molecule has 1 saturated heterocycles. The van der Waals surface area contributed by atoms with Crippen molar-refractivity contribution in [2.24, 2.45) is 10.7 Å². The molecule has 4 N–H and O–H groups in total. The molecule has 2 amide bonds. The Bertz CT molecular complexity index is 437. The number of primary amides is 1. The molecule has 0 aromatic carbocycles. The number of aliphatic imine (C=N–C) groups is 1. The molecule has 0 aromatic heterocycles. The second-order valence-corrected chi connectivity index (χ2v) is 6.53. The van der Waals surface area contributed by atoms with Crippen LogP contribution in [0.25, 0.3) is 0 Å². The summed E-state index contributed by atoms with van der Waals surface area (Å²) in [5, 5.41) is 6.39. The van der Waals surface area contributed by atoms with E-state index in [0.29, 0.717) is 25.6 Å². The van der Waals surface area contributed by atoms with Gasteiger partial charge in [-0.1, -0.05) is 0 Å². The maximum atomic E-state index is 11.7. The monoisotopic (exact) mass is 327 g/mol. The number of rotatable bonds is 4. The summed E-state index contributed by atoms with van der Waals surface area (Å²) in [6.45, 7) is 9.34. The molecule has 0 aliphatic carbocycles. The summed E-state index contributed by atoms with van der Waals surface area (Å²) in [5.74, 6) is 0.217. The lowest BCUT2D eigenvalue weighted by atomic mass is 10.1. The van der Waals surface area contributed by atoms with Gasteiger partial charge in [0.15, 0.2) is 5.96 Å². The van der Waals surface area contributed by atoms with E-state index in [0.717, 1.165) is 12.8 Å². The number of carbonyl (C=O) groups excluding carboxylic acids is 2. The number of likely N-dealkylation sites (tertiary alicyclic amines) is 1. The van der Waals surface area contributed by atoms with Gasteiger partial charge in [0.25, 0.3) is 0 Å². The number of amides is 2. The maximum absolute atomic E-state index is 11.7. The topological polar surface area (TPSA) is 109 Å². The van der Waals surface area contributed by atoms with Crippen molar-refractivity contribution in [1.82, 2.24) is 15.5 Å². The van der Waals surface area contributed by atoms with Crippen LogP contribution in [0.4, 0.5) is 4.79 Å². The number of nitrogens with one attached hydrogen (secondary N) is 2. The highest BCUT2D eigenvalue weighted by molar-refractivity contribution is 5.83. The lowest BCUT2D eigenvalue weighted by molar-refractivity contribution is -0.152. The molecular weight excluding hydrogens is 298 g/mol. The van der Waals surface area contributed by atoms with Crippen LogP contribution in [-0.4, -0.2) is 60.7 Å². The molecule has 132 valence electrons. The fraction of sp³-hybridized carbons (Fsp3) is 0.800. The zero-order valence-corrected chi connectivity index (χ0v) is 14.5. The molecule has 0 unspecified atom stereocenters. The fourth-order valence-electron chi connectivity index (χ4n) is 2.27. The van der Waals surface area contributed by atoms with Crippen molar-refractivity contribution in [2.45, 2.75) is 52.2 Å². The van der Waals surface area contributed by atoms with Crippen LogP contribution in [0.2, 0.25) is 0 Å². The molecule has 0 aromatic rings. The summed E-state index contributed by atoms with van der Waals surface area (Å²) in [4.78, 5) is 28.7. The number of guanidine groups is 1. The van der Waals surface area contributed by atoms with E-state index in [4.69, 9.17) is 10.5 Å². The van der Waals surface area contributed by atoms with Crippen molar-refractivity contribution in [3.05, 3.63) is 0 Å². The molecule has 1 aliphatic heterocycles. The second kappa shape index (κ2) is 8.59. The molecule has 0 bridgehead atoms. The summed E-state index contributed by atoms with van der Waals surface area (Å²) in [6, 6.07) is -0.184. The third-order valence-electron chi connectivity index (χ3n) is 3.28. The van der Waals surface area contributed by atoms with Crippen LogP contribution in [0.1, 0.15) is 40.5 Å². The van der Waals surface area contributed by atoms with E-state index >= 15 is 0 Å². The van der Waals surface area contributed by atoms with Crippen LogP contribution in [-0.2, 0) is 9.53 Å². The van der Waals surface area contributed by atoms with Crippen molar-refractivity contribution in [1.29, 1.82) is 0 Å². The number of nitrogens with two attached hydrogens (primary N) is 1. The van der Waals surface area contributed by atoms with Crippen LogP contribution in [0.15, 0.2) is 4.99 Å². The molecule has 1 fully saturated rings. The summed E-state index contributed by atoms with van der Waals surface area (Å²) in [7, 11) is 0. The molecule has 0 saturated carbocycles. The number of ether oxygens (including phenoxy) is 1. The van der Waals surface area contributed by atoms with Crippen LogP contribution >= 0.6 is 0 Å². The Kier molecular flexibility index (Phi) is 7.12. The zero-order chi connectivity index (χ0) is 17.5. The molecule has 1 heterocycles. The number of piperidine rings is 1. The van der Waals surface area contributed by atoms with E-state index in [1.54, 1.807) is 4.90 Å². The van der Waals surface area contributed by atoms with Gasteiger partial charge in [-0.3, -0.25) is 4.79 Å². The molecule has 0 spiro atoms. The average Bonchev–Trinajstić information content (AvgIpc) is 2.44. The summed E-state index contributed by atoms with van der Waals surface area (Å²) < 4.78 is 5.24. The quantitative estimate of drug-likeness (QED) is 0.394. The van der Waals surface area contributed by atoms with Gasteiger partial charge < -0.3 is 26.0 Å². The van der Waals surface area contributed by atoms with E-state index in [-0.39, 0.29) is 24.6 Å². The van der Waals surface area contributed by atoms with Crippen molar-refractivity contribution in [3.63, 3.8) is 0 Å². The Morgan fingerprint density at radius 1 is 1.30 bits per heavy atom. The number of urea groups is 1. The Labute approximate surface area is 137 Å². The maximum Gasteiger partial charge on any atom is 0.328 e. The van der Waals surface area contributed by atoms with Gasteiger partial charge in [-0.05, 0) is 40.5 Å². The molecule has 1 rings (SSSR count). The number of hydrogen-bond acceptors (Lipinski definition) is 4. The van der Waals surface area contributed by atoms with Gasteiger partial charge in [-0.25, -0.2) is 9.79 Å². The average molecular weight is 327 g/mol. The number of carbonyl (C=O) groups is 2. The summed E-state index contributed by atoms with van der Waals surface area (Å²) in [6.07, 6.45) is 1.58. The Hall–Kier alpha value is -1.99. The standard InChI is InChI=1S/C15H29N5O3/c1-5-17-14(18-10-12(21)23-15(2,3)4)19-11-6-8-20(9-7-11)13(16)22/h11H,5-10H2,1-4H3,(H2,16,22)(H2,17,18,19). The fourth-order valence-corrected chi connectivity index (χ4v) is 2.27. The molecule has 23 heavy (non-hydrogen) atoms. The van der Waals surface area contributed by atoms with E-state index in [2.05, 4.69) is 15.6 Å². The summed E-state index contributed by atoms with van der Waals surface area (Å²) >= 11 is 0. The van der Waals surface area contributed by atoms with Gasteiger partial charge in [0.05, 0.1) is 0 Å². The lowest BCUT2D eigenvalue weighted by Gasteiger charge is -2.32. The minimum atomic E-state index is -0.514. The van der Waals surface area contributed by atoms with E-state index in [1.165, 1.54) is 0 Å². The first-order chi connectivity index (χ1) is 10.7. The van der Waals surface area contributed by atoms with Crippen molar-refractivity contribution in [2.75, 3.05) is 26.2 Å². The van der Waals surface area contributed by atoms with Crippen LogP contribution in [0.5, 0.6) is 0 Å². The number of hydrogen-bond donors (Lipinski definition) is 3. The predicted molar refractivity (Wildman–Crippen MR) is 89.1 cm³/mol. The number of esters is 1. The molecule has 0 atom stereocenters.